The van der Waals surface area contributed by atoms with Crippen molar-refractivity contribution in [3.05, 3.63) is 29.6 Å². The lowest BCUT2D eigenvalue weighted by atomic mass is 10.1. The number of ether oxygens (including phenoxy) is 1. The zero-order valence-electron chi connectivity index (χ0n) is 12.7. The minimum atomic E-state index is -0.585. The number of halogens is 1. The van der Waals surface area contributed by atoms with E-state index in [1.165, 1.54) is 6.07 Å². The number of nitrogens with one attached hydrogen (secondary N) is 1. The molecule has 20 heavy (non-hydrogen) atoms. The number of hydrogen-bond donors (Lipinski definition) is 2. The summed E-state index contributed by atoms with van der Waals surface area (Å²) in [5, 5.41) is 12.8. The number of aryl methyl sites for hydroxylation is 1. The van der Waals surface area contributed by atoms with Gasteiger partial charge in [0.15, 0.2) is 0 Å². The molecule has 1 atom stereocenters. The molecule has 1 aromatic carbocycles. The molecule has 0 radical (unpaired) electrons. The summed E-state index contributed by atoms with van der Waals surface area (Å²) in [4.78, 5) is 0. The van der Waals surface area contributed by atoms with E-state index in [1.807, 2.05) is 0 Å². The highest BCUT2D eigenvalue weighted by atomic mass is 19.1. The van der Waals surface area contributed by atoms with Crippen LogP contribution in [-0.4, -0.2) is 31.0 Å². The van der Waals surface area contributed by atoms with E-state index in [2.05, 4.69) is 19.2 Å². The van der Waals surface area contributed by atoms with Gasteiger partial charge in [0, 0.05) is 18.8 Å². The molecule has 0 spiro atoms. The van der Waals surface area contributed by atoms with Crippen molar-refractivity contribution in [2.75, 3.05) is 25.1 Å². The summed E-state index contributed by atoms with van der Waals surface area (Å²) < 4.78 is 18.7. The quantitative estimate of drug-likeness (QED) is 0.683. The first-order valence-electron chi connectivity index (χ1n) is 7.25. The molecule has 0 aliphatic heterocycles. The lowest BCUT2D eigenvalue weighted by Crippen LogP contribution is -2.25. The summed E-state index contributed by atoms with van der Waals surface area (Å²) in [5.41, 5.74) is 1.29. The minimum absolute atomic E-state index is 0.241. The van der Waals surface area contributed by atoms with E-state index in [9.17, 15) is 9.50 Å². The Kier molecular flexibility index (Phi) is 7.55. The highest BCUT2D eigenvalue weighted by Crippen LogP contribution is 2.13. The number of aliphatic hydroxyl groups excluding tert-OH is 1. The maximum atomic E-state index is 13.3. The Balaban J connectivity index is 2.16. The summed E-state index contributed by atoms with van der Waals surface area (Å²) in [5.74, 6) is 0.441. The Morgan fingerprint density at radius 1 is 1.35 bits per heavy atom. The zero-order chi connectivity index (χ0) is 15.0. The van der Waals surface area contributed by atoms with Gasteiger partial charge >= 0.3 is 0 Å². The fraction of sp³-hybridized carbons (Fsp3) is 0.625. The van der Waals surface area contributed by atoms with E-state index in [-0.39, 0.29) is 5.82 Å². The van der Waals surface area contributed by atoms with Crippen LogP contribution in [0.3, 0.4) is 0 Å². The molecule has 0 saturated heterocycles. The molecule has 0 amide bonds. The van der Waals surface area contributed by atoms with Crippen molar-refractivity contribution >= 4 is 5.69 Å². The van der Waals surface area contributed by atoms with E-state index in [4.69, 9.17) is 4.74 Å². The van der Waals surface area contributed by atoms with Gasteiger partial charge in [0.25, 0.3) is 0 Å². The second kappa shape index (κ2) is 8.93. The van der Waals surface area contributed by atoms with Crippen LogP contribution in [0.1, 0.15) is 32.3 Å². The van der Waals surface area contributed by atoms with Crippen molar-refractivity contribution in [1.82, 2.24) is 0 Å². The first-order chi connectivity index (χ1) is 9.49. The van der Waals surface area contributed by atoms with Crippen LogP contribution in [0.25, 0.3) is 0 Å². The average molecular weight is 283 g/mol. The van der Waals surface area contributed by atoms with Crippen molar-refractivity contribution in [1.29, 1.82) is 0 Å². The molecule has 0 aliphatic carbocycles. The van der Waals surface area contributed by atoms with Crippen molar-refractivity contribution in [2.45, 2.75) is 39.7 Å². The second-order valence-electron chi connectivity index (χ2n) is 5.61. The van der Waals surface area contributed by atoms with Gasteiger partial charge in [0.2, 0.25) is 0 Å². The van der Waals surface area contributed by atoms with Gasteiger partial charge in [-0.3, -0.25) is 0 Å². The first kappa shape index (κ1) is 16.9. The normalized spacial score (nSPS) is 12.7. The van der Waals surface area contributed by atoms with Crippen LogP contribution in [0.2, 0.25) is 0 Å². The number of anilines is 1. The third-order valence-corrected chi connectivity index (χ3v) is 3.09. The van der Waals surface area contributed by atoms with Crippen LogP contribution < -0.4 is 5.32 Å². The minimum Gasteiger partial charge on any atom is -0.389 e. The number of hydrogen-bond acceptors (Lipinski definition) is 3. The molecule has 4 heteroatoms. The van der Waals surface area contributed by atoms with Crippen LogP contribution in [-0.2, 0) is 4.74 Å². The lowest BCUT2D eigenvalue weighted by molar-refractivity contribution is 0.0409. The highest BCUT2D eigenvalue weighted by molar-refractivity contribution is 5.45. The number of aliphatic hydroxyl groups is 1. The molecular formula is C16H26FNO2. The van der Waals surface area contributed by atoms with Gasteiger partial charge in [0.1, 0.15) is 5.82 Å². The van der Waals surface area contributed by atoms with Crippen LogP contribution >= 0.6 is 0 Å². The Morgan fingerprint density at radius 2 is 2.10 bits per heavy atom. The molecule has 1 unspecified atom stereocenters. The summed E-state index contributed by atoms with van der Waals surface area (Å²) in [7, 11) is 0. The molecule has 0 bridgehead atoms. The van der Waals surface area contributed by atoms with E-state index < -0.39 is 6.10 Å². The number of rotatable bonds is 9. The van der Waals surface area contributed by atoms with Gasteiger partial charge in [-0.2, -0.15) is 0 Å². The van der Waals surface area contributed by atoms with Crippen LogP contribution in [0.15, 0.2) is 18.2 Å². The Morgan fingerprint density at radius 3 is 2.75 bits per heavy atom. The second-order valence-corrected chi connectivity index (χ2v) is 5.61. The highest BCUT2D eigenvalue weighted by Gasteiger charge is 2.05. The first-order valence-corrected chi connectivity index (χ1v) is 7.25. The fourth-order valence-corrected chi connectivity index (χ4v) is 1.81. The average Bonchev–Trinajstić information content (AvgIpc) is 2.39. The van der Waals surface area contributed by atoms with Gasteiger partial charge in [-0.05, 0) is 43.4 Å². The van der Waals surface area contributed by atoms with Gasteiger partial charge in [-0.1, -0.05) is 19.9 Å². The molecule has 3 nitrogen and oxygen atoms in total. The summed E-state index contributed by atoms with van der Waals surface area (Å²) in [6.45, 7) is 7.42. The summed E-state index contributed by atoms with van der Waals surface area (Å²) >= 11 is 0. The summed E-state index contributed by atoms with van der Waals surface area (Å²) in [6, 6.07) is 4.95. The monoisotopic (exact) mass is 283 g/mol. The van der Waals surface area contributed by atoms with Crippen LogP contribution in [0, 0.1) is 18.7 Å². The SMILES string of the molecule is Cc1ccc(NCC(O)COCCCC(C)C)cc1F. The lowest BCUT2D eigenvalue weighted by Gasteiger charge is -2.14. The van der Waals surface area contributed by atoms with Crippen molar-refractivity contribution in [3.63, 3.8) is 0 Å². The predicted octanol–water partition coefficient (Wildman–Crippen LogP) is 3.36. The van der Waals surface area contributed by atoms with Crippen molar-refractivity contribution < 1.29 is 14.2 Å². The third-order valence-electron chi connectivity index (χ3n) is 3.09. The molecule has 0 saturated carbocycles. The molecule has 1 aromatic rings. The van der Waals surface area contributed by atoms with Crippen molar-refractivity contribution in [3.8, 4) is 0 Å². The van der Waals surface area contributed by atoms with Gasteiger partial charge in [-0.15, -0.1) is 0 Å². The Bertz CT molecular complexity index is 396. The largest absolute Gasteiger partial charge is 0.389 e. The van der Waals surface area contributed by atoms with Crippen LogP contribution in [0.5, 0.6) is 0 Å². The molecule has 2 N–H and O–H groups in total. The molecule has 0 fully saturated rings. The molecular weight excluding hydrogens is 257 g/mol. The van der Waals surface area contributed by atoms with E-state index in [1.54, 1.807) is 19.1 Å². The molecule has 1 rings (SSSR count). The molecule has 0 aromatic heterocycles. The van der Waals surface area contributed by atoms with Crippen LogP contribution in [0.4, 0.5) is 10.1 Å². The molecule has 0 aliphatic rings. The van der Waals surface area contributed by atoms with Gasteiger partial charge < -0.3 is 15.2 Å². The Labute approximate surface area is 121 Å². The maximum Gasteiger partial charge on any atom is 0.128 e. The van der Waals surface area contributed by atoms with E-state index >= 15 is 0 Å². The van der Waals surface area contributed by atoms with E-state index in [0.29, 0.717) is 36.9 Å². The maximum absolute atomic E-state index is 13.3. The standard InChI is InChI=1S/C16H26FNO2/c1-12(2)5-4-8-20-11-15(19)10-18-14-7-6-13(3)16(17)9-14/h6-7,9,12,15,18-19H,4-5,8,10-11H2,1-3H3. The third kappa shape index (κ3) is 6.87. The zero-order valence-corrected chi connectivity index (χ0v) is 12.7. The number of benzene rings is 1. The molecule has 114 valence electrons. The van der Waals surface area contributed by atoms with Gasteiger partial charge in [0.05, 0.1) is 12.7 Å². The predicted molar refractivity (Wildman–Crippen MR) is 80.5 cm³/mol. The smallest absolute Gasteiger partial charge is 0.128 e. The fourth-order valence-electron chi connectivity index (χ4n) is 1.81. The van der Waals surface area contributed by atoms with E-state index in [0.717, 1.165) is 12.8 Å². The van der Waals surface area contributed by atoms with Crippen molar-refractivity contribution in [2.24, 2.45) is 5.92 Å². The van der Waals surface area contributed by atoms with Gasteiger partial charge in [-0.25, -0.2) is 4.39 Å². The topological polar surface area (TPSA) is 41.5 Å². The summed E-state index contributed by atoms with van der Waals surface area (Å²) in [6.07, 6.45) is 1.57. The Hall–Kier alpha value is -1.13. The molecule has 0 heterocycles.